The van der Waals surface area contributed by atoms with Gasteiger partial charge in [-0.05, 0) is 41.5 Å². The third kappa shape index (κ3) is 2.41. The summed E-state index contributed by atoms with van der Waals surface area (Å²) in [5.74, 6) is -0.900. The number of carbonyl (C=O) groups is 1. The van der Waals surface area contributed by atoms with Gasteiger partial charge in [0.15, 0.2) is 0 Å². The van der Waals surface area contributed by atoms with E-state index in [2.05, 4.69) is 12.6 Å². The fourth-order valence-electron chi connectivity index (χ4n) is 1.95. The van der Waals surface area contributed by atoms with Crippen LogP contribution in [0.15, 0.2) is 51.1 Å². The van der Waals surface area contributed by atoms with Crippen LogP contribution < -0.4 is 0 Å². The van der Waals surface area contributed by atoms with E-state index < -0.39 is 5.97 Å². The van der Waals surface area contributed by atoms with Crippen molar-refractivity contribution in [3.63, 3.8) is 0 Å². The lowest BCUT2D eigenvalue weighted by Gasteiger charge is -2.07. The lowest BCUT2D eigenvalue weighted by atomic mass is 10.1. The quantitative estimate of drug-likeness (QED) is 0.655. The van der Waals surface area contributed by atoms with E-state index in [1.54, 1.807) is 23.9 Å². The van der Waals surface area contributed by atoms with Crippen molar-refractivity contribution >= 4 is 42.5 Å². The molecule has 0 saturated carbocycles. The highest BCUT2D eigenvalue weighted by atomic mass is 32.2. The van der Waals surface area contributed by atoms with Crippen molar-refractivity contribution < 1.29 is 9.90 Å². The molecule has 0 aliphatic carbocycles. The lowest BCUT2D eigenvalue weighted by Crippen LogP contribution is -1.96. The minimum absolute atomic E-state index is 0.314. The van der Waals surface area contributed by atoms with Crippen molar-refractivity contribution in [2.45, 2.75) is 14.7 Å². The number of rotatable bonds is 1. The van der Waals surface area contributed by atoms with Gasteiger partial charge in [0.2, 0.25) is 0 Å². The number of benzene rings is 2. The van der Waals surface area contributed by atoms with Crippen LogP contribution in [0.1, 0.15) is 21.5 Å². The van der Waals surface area contributed by atoms with Crippen molar-refractivity contribution in [2.75, 3.05) is 0 Å². The topological polar surface area (TPSA) is 37.3 Å². The molecule has 3 rings (SSSR count). The highest BCUT2D eigenvalue weighted by Gasteiger charge is 2.12. The SMILES string of the molecule is O=C(O)c1ccc2c(c1)Sc1ccc(S)cc1C=C2. The Morgan fingerprint density at radius 1 is 1.00 bits per heavy atom. The molecule has 2 aromatic rings. The van der Waals surface area contributed by atoms with Crippen molar-refractivity contribution in [3.05, 3.63) is 53.1 Å². The minimum Gasteiger partial charge on any atom is -0.478 e. The van der Waals surface area contributed by atoms with Crippen LogP contribution in [-0.4, -0.2) is 11.1 Å². The van der Waals surface area contributed by atoms with Gasteiger partial charge < -0.3 is 5.11 Å². The molecule has 0 amide bonds. The Labute approximate surface area is 120 Å². The Hall–Kier alpha value is -1.65. The summed E-state index contributed by atoms with van der Waals surface area (Å²) in [6, 6.07) is 11.1. The van der Waals surface area contributed by atoms with Crippen LogP contribution in [0, 0.1) is 0 Å². The molecule has 1 aliphatic heterocycles. The van der Waals surface area contributed by atoms with Gasteiger partial charge in [-0.1, -0.05) is 30.0 Å². The molecule has 94 valence electrons. The van der Waals surface area contributed by atoms with Crippen LogP contribution in [0.25, 0.3) is 12.2 Å². The largest absolute Gasteiger partial charge is 0.478 e. The van der Waals surface area contributed by atoms with Crippen LogP contribution in [0.4, 0.5) is 0 Å². The fraction of sp³-hybridized carbons (Fsp3) is 0. The van der Waals surface area contributed by atoms with Gasteiger partial charge in [-0.25, -0.2) is 4.79 Å². The van der Waals surface area contributed by atoms with E-state index >= 15 is 0 Å². The van der Waals surface area contributed by atoms with Crippen LogP contribution in [0.2, 0.25) is 0 Å². The molecular formula is C15H10O2S2. The number of carboxylic acid groups (broad SMARTS) is 1. The van der Waals surface area contributed by atoms with Gasteiger partial charge in [-0.3, -0.25) is 0 Å². The summed E-state index contributed by atoms with van der Waals surface area (Å²) in [4.78, 5) is 14.0. The Kier molecular flexibility index (Phi) is 3.12. The van der Waals surface area contributed by atoms with Crippen molar-refractivity contribution in [1.82, 2.24) is 0 Å². The van der Waals surface area contributed by atoms with E-state index in [4.69, 9.17) is 5.11 Å². The molecule has 2 aromatic carbocycles. The average molecular weight is 286 g/mol. The molecule has 1 aliphatic rings. The Bertz CT molecular complexity index is 705. The summed E-state index contributed by atoms with van der Waals surface area (Å²) in [5, 5.41) is 9.05. The molecule has 0 spiro atoms. The Morgan fingerprint density at radius 2 is 1.79 bits per heavy atom. The van der Waals surface area contributed by atoms with Crippen LogP contribution >= 0.6 is 24.4 Å². The van der Waals surface area contributed by atoms with Gasteiger partial charge in [0, 0.05) is 14.7 Å². The standard InChI is InChI=1S/C15H10O2S2/c16-15(17)11-4-2-9-1-3-10-7-12(18)5-6-13(10)19-14(9)8-11/h1-8,18H,(H,16,17). The highest BCUT2D eigenvalue weighted by molar-refractivity contribution is 7.99. The maximum Gasteiger partial charge on any atom is 0.335 e. The summed E-state index contributed by atoms with van der Waals surface area (Å²) in [5.41, 5.74) is 2.45. The zero-order chi connectivity index (χ0) is 13.4. The molecule has 1 heterocycles. The van der Waals surface area contributed by atoms with Gasteiger partial charge >= 0.3 is 5.97 Å². The zero-order valence-corrected chi connectivity index (χ0v) is 11.5. The average Bonchev–Trinajstić information content (AvgIpc) is 2.56. The number of aromatic carboxylic acids is 1. The first-order valence-corrected chi connectivity index (χ1v) is 6.96. The van der Waals surface area contributed by atoms with E-state index in [0.29, 0.717) is 5.56 Å². The first-order chi connectivity index (χ1) is 9.13. The molecule has 0 aromatic heterocycles. The van der Waals surface area contributed by atoms with Gasteiger partial charge in [-0.15, -0.1) is 12.6 Å². The first kappa shape index (κ1) is 12.4. The second-order valence-electron chi connectivity index (χ2n) is 4.22. The summed E-state index contributed by atoms with van der Waals surface area (Å²) in [6.07, 6.45) is 4.04. The van der Waals surface area contributed by atoms with E-state index in [1.165, 1.54) is 0 Å². The maximum absolute atomic E-state index is 11.0. The summed E-state index contributed by atoms with van der Waals surface area (Å²) >= 11 is 5.92. The van der Waals surface area contributed by atoms with E-state index in [0.717, 1.165) is 25.8 Å². The first-order valence-electron chi connectivity index (χ1n) is 5.70. The molecule has 1 N–H and O–H groups in total. The van der Waals surface area contributed by atoms with Gasteiger partial charge in [0.05, 0.1) is 5.56 Å². The third-order valence-electron chi connectivity index (χ3n) is 2.92. The van der Waals surface area contributed by atoms with E-state index in [9.17, 15) is 4.79 Å². The Morgan fingerprint density at radius 3 is 2.58 bits per heavy atom. The second kappa shape index (κ2) is 4.79. The fourth-order valence-corrected chi connectivity index (χ4v) is 3.22. The lowest BCUT2D eigenvalue weighted by molar-refractivity contribution is 0.0696. The van der Waals surface area contributed by atoms with Crippen LogP contribution in [0.3, 0.4) is 0 Å². The molecule has 0 atom stereocenters. The molecule has 4 heteroatoms. The molecule has 0 unspecified atom stereocenters. The number of hydrogen-bond acceptors (Lipinski definition) is 3. The predicted molar refractivity (Wildman–Crippen MR) is 80.1 cm³/mol. The van der Waals surface area contributed by atoms with Crippen molar-refractivity contribution in [2.24, 2.45) is 0 Å². The monoisotopic (exact) mass is 286 g/mol. The molecule has 0 bridgehead atoms. The molecule has 0 radical (unpaired) electrons. The van der Waals surface area contributed by atoms with Crippen molar-refractivity contribution in [1.29, 1.82) is 0 Å². The normalized spacial score (nSPS) is 12.5. The molecule has 0 fully saturated rings. The maximum atomic E-state index is 11.0. The molecule has 2 nitrogen and oxygen atoms in total. The summed E-state index contributed by atoms with van der Waals surface area (Å²) in [6.45, 7) is 0. The third-order valence-corrected chi connectivity index (χ3v) is 4.36. The van der Waals surface area contributed by atoms with Crippen LogP contribution in [0.5, 0.6) is 0 Å². The van der Waals surface area contributed by atoms with Crippen LogP contribution in [-0.2, 0) is 0 Å². The molecular weight excluding hydrogens is 276 g/mol. The number of hydrogen-bond donors (Lipinski definition) is 2. The highest BCUT2D eigenvalue weighted by Crippen LogP contribution is 2.38. The minimum atomic E-state index is -0.900. The zero-order valence-electron chi connectivity index (χ0n) is 9.83. The number of thiol groups is 1. The molecule has 0 saturated heterocycles. The smallest absolute Gasteiger partial charge is 0.335 e. The number of carboxylic acids is 1. The Balaban J connectivity index is 2.12. The molecule has 19 heavy (non-hydrogen) atoms. The van der Waals surface area contributed by atoms with Crippen molar-refractivity contribution in [3.8, 4) is 0 Å². The van der Waals surface area contributed by atoms with E-state index in [-0.39, 0.29) is 0 Å². The summed E-state index contributed by atoms with van der Waals surface area (Å²) in [7, 11) is 0. The van der Waals surface area contributed by atoms with Gasteiger partial charge in [-0.2, -0.15) is 0 Å². The number of fused-ring (bicyclic) bond motifs is 2. The second-order valence-corrected chi connectivity index (χ2v) is 5.82. The summed E-state index contributed by atoms with van der Waals surface area (Å²) < 4.78 is 0. The predicted octanol–water partition coefficient (Wildman–Crippen LogP) is 4.31. The van der Waals surface area contributed by atoms with Gasteiger partial charge in [0.25, 0.3) is 0 Å². The van der Waals surface area contributed by atoms with Gasteiger partial charge in [0.1, 0.15) is 0 Å². The van der Waals surface area contributed by atoms with E-state index in [1.807, 2.05) is 36.4 Å².